The number of rotatable bonds is 7. The van der Waals surface area contributed by atoms with E-state index in [1.54, 1.807) is 0 Å². The van der Waals surface area contributed by atoms with Gasteiger partial charge in [-0.05, 0) is 37.5 Å². The van der Waals surface area contributed by atoms with E-state index in [9.17, 15) is 4.79 Å². The number of thiocarbonyl (C=S) groups is 1. The number of hydrogen-bond donors (Lipinski definition) is 1. The van der Waals surface area contributed by atoms with Gasteiger partial charge in [0.05, 0.1) is 11.8 Å². The van der Waals surface area contributed by atoms with Gasteiger partial charge in [0.2, 0.25) is 5.91 Å². The number of hydrogen-bond acceptors (Lipinski definition) is 5. The molecule has 5 nitrogen and oxygen atoms in total. The van der Waals surface area contributed by atoms with Crippen LogP contribution in [0.4, 0.5) is 0 Å². The van der Waals surface area contributed by atoms with Gasteiger partial charge in [-0.3, -0.25) is 4.79 Å². The maximum Gasteiger partial charge on any atom is 0.230 e. The van der Waals surface area contributed by atoms with Crippen LogP contribution in [0.25, 0.3) is 0 Å². The Hall–Kier alpha value is -1.47. The van der Waals surface area contributed by atoms with Crippen LogP contribution in [0.3, 0.4) is 0 Å². The van der Waals surface area contributed by atoms with Gasteiger partial charge in [0, 0.05) is 13.1 Å². The fourth-order valence-corrected chi connectivity index (χ4v) is 4.02. The summed E-state index contributed by atoms with van der Waals surface area (Å²) >= 11 is 6.81. The van der Waals surface area contributed by atoms with Gasteiger partial charge in [-0.2, -0.15) is 0 Å². The van der Waals surface area contributed by atoms with Crippen molar-refractivity contribution in [3.63, 3.8) is 0 Å². The zero-order valence-corrected chi connectivity index (χ0v) is 17.5. The normalized spacial score (nSPS) is 14.0. The molecule has 1 aliphatic rings. The van der Waals surface area contributed by atoms with Crippen molar-refractivity contribution in [2.45, 2.75) is 33.7 Å². The second-order valence-electron chi connectivity index (χ2n) is 6.42. The average Bonchev–Trinajstić information content (AvgIpc) is 2.64. The fraction of sp³-hybridized carbons (Fsp3) is 0.579. The third-order valence-electron chi connectivity index (χ3n) is 4.26. The first-order valence-electron chi connectivity index (χ1n) is 9.06. The van der Waals surface area contributed by atoms with Crippen molar-refractivity contribution in [2.75, 3.05) is 32.1 Å². The molecule has 0 aromatic heterocycles. The number of carbonyl (C=O) groups excluding carboxylic acids is 1. The fourth-order valence-electron chi connectivity index (χ4n) is 2.80. The summed E-state index contributed by atoms with van der Waals surface area (Å²) in [7, 11) is 0. The van der Waals surface area contributed by atoms with E-state index >= 15 is 0 Å². The third-order valence-corrected chi connectivity index (χ3v) is 5.78. The topological polar surface area (TPSA) is 50.8 Å². The minimum atomic E-state index is -0.0825. The van der Waals surface area contributed by atoms with Gasteiger partial charge in [0.25, 0.3) is 0 Å². The summed E-state index contributed by atoms with van der Waals surface area (Å²) in [5.74, 6) is 2.06. The molecule has 26 heavy (non-hydrogen) atoms. The zero-order chi connectivity index (χ0) is 19.1. The summed E-state index contributed by atoms with van der Waals surface area (Å²) in [4.78, 5) is 14.5. The second kappa shape index (κ2) is 10.0. The van der Waals surface area contributed by atoms with Crippen LogP contribution < -0.4 is 14.8 Å². The molecule has 1 aromatic carbocycles. The van der Waals surface area contributed by atoms with E-state index in [1.807, 2.05) is 18.2 Å². The summed E-state index contributed by atoms with van der Waals surface area (Å²) < 4.78 is 12.0. The number of amides is 1. The third kappa shape index (κ3) is 5.51. The van der Waals surface area contributed by atoms with Crippen LogP contribution in [-0.4, -0.2) is 47.2 Å². The Kier molecular flexibility index (Phi) is 8.03. The molecule has 0 unspecified atom stereocenters. The molecule has 1 N–H and O–H groups in total. The van der Waals surface area contributed by atoms with Gasteiger partial charge >= 0.3 is 0 Å². The lowest BCUT2D eigenvalue weighted by Gasteiger charge is -2.26. The highest BCUT2D eigenvalue weighted by Crippen LogP contribution is 2.34. The molecule has 1 atom stereocenters. The molecule has 0 bridgehead atoms. The van der Waals surface area contributed by atoms with Crippen molar-refractivity contribution >= 4 is 34.2 Å². The van der Waals surface area contributed by atoms with Crippen molar-refractivity contribution in [3.8, 4) is 11.5 Å². The lowest BCUT2D eigenvalue weighted by atomic mass is 9.95. The summed E-state index contributed by atoms with van der Waals surface area (Å²) in [6, 6.07) is 5.79. The molecular weight excluding hydrogens is 368 g/mol. The average molecular weight is 397 g/mol. The van der Waals surface area contributed by atoms with E-state index in [-0.39, 0.29) is 17.9 Å². The Bertz CT molecular complexity index is 633. The summed E-state index contributed by atoms with van der Waals surface area (Å²) in [6.45, 7) is 11.1. The summed E-state index contributed by atoms with van der Waals surface area (Å²) in [5, 5.41) is 3.14. The van der Waals surface area contributed by atoms with E-state index in [2.05, 4.69) is 37.9 Å². The highest BCUT2D eigenvalue weighted by molar-refractivity contribution is 8.23. The number of nitrogens with one attached hydrogen (secondary N) is 1. The SMILES string of the molecule is CCN(CC)C(=S)SCC(=O)N[C@@H](c1ccc2c(c1)OCCO2)C(C)C. The van der Waals surface area contributed by atoms with Crippen LogP contribution in [0.2, 0.25) is 0 Å². The minimum Gasteiger partial charge on any atom is -0.486 e. The Labute approximate surface area is 165 Å². The van der Waals surface area contributed by atoms with Crippen LogP contribution in [0.5, 0.6) is 11.5 Å². The lowest BCUT2D eigenvalue weighted by Crippen LogP contribution is -2.34. The number of fused-ring (bicyclic) bond motifs is 1. The van der Waals surface area contributed by atoms with E-state index in [0.29, 0.717) is 19.0 Å². The molecule has 2 rings (SSSR count). The number of thioether (sulfide) groups is 1. The highest BCUT2D eigenvalue weighted by atomic mass is 32.2. The molecule has 0 fully saturated rings. The summed E-state index contributed by atoms with van der Waals surface area (Å²) in [5.41, 5.74) is 1.02. The molecule has 1 amide bonds. The second-order valence-corrected chi connectivity index (χ2v) is 8.03. The van der Waals surface area contributed by atoms with E-state index in [1.165, 1.54) is 11.8 Å². The molecular formula is C19H28N2O3S2. The molecule has 0 aliphatic carbocycles. The van der Waals surface area contributed by atoms with Crippen LogP contribution in [0.1, 0.15) is 39.3 Å². The van der Waals surface area contributed by atoms with E-state index < -0.39 is 0 Å². The summed E-state index contributed by atoms with van der Waals surface area (Å²) in [6.07, 6.45) is 0. The zero-order valence-electron chi connectivity index (χ0n) is 15.9. The van der Waals surface area contributed by atoms with Gasteiger partial charge < -0.3 is 19.7 Å². The van der Waals surface area contributed by atoms with Gasteiger partial charge in [0.1, 0.15) is 17.5 Å². The van der Waals surface area contributed by atoms with E-state index in [4.69, 9.17) is 21.7 Å². The largest absolute Gasteiger partial charge is 0.486 e. The first-order valence-corrected chi connectivity index (χ1v) is 10.5. The number of carbonyl (C=O) groups is 1. The minimum absolute atomic E-state index is 0.0157. The van der Waals surface area contributed by atoms with Gasteiger partial charge in [-0.25, -0.2) is 0 Å². The monoisotopic (exact) mass is 396 g/mol. The smallest absolute Gasteiger partial charge is 0.230 e. The first kappa shape index (κ1) is 20.8. The first-order chi connectivity index (χ1) is 12.5. The quantitative estimate of drug-likeness (QED) is 0.710. The maximum atomic E-state index is 12.5. The van der Waals surface area contributed by atoms with Crippen molar-refractivity contribution in [3.05, 3.63) is 23.8 Å². The van der Waals surface area contributed by atoms with Crippen molar-refractivity contribution in [1.82, 2.24) is 10.2 Å². The van der Waals surface area contributed by atoms with Crippen LogP contribution in [-0.2, 0) is 4.79 Å². The van der Waals surface area contributed by atoms with Gasteiger partial charge in [-0.1, -0.05) is 43.9 Å². The Balaban J connectivity index is 1.99. The molecule has 144 valence electrons. The molecule has 1 heterocycles. The Morgan fingerprint density at radius 3 is 2.50 bits per heavy atom. The predicted molar refractivity (Wildman–Crippen MR) is 111 cm³/mol. The van der Waals surface area contributed by atoms with Crippen molar-refractivity contribution in [1.29, 1.82) is 0 Å². The Morgan fingerprint density at radius 1 is 1.23 bits per heavy atom. The van der Waals surface area contributed by atoms with E-state index in [0.717, 1.165) is 34.5 Å². The maximum absolute atomic E-state index is 12.5. The molecule has 0 saturated carbocycles. The lowest BCUT2D eigenvalue weighted by molar-refractivity contribution is -0.119. The van der Waals surface area contributed by atoms with Crippen molar-refractivity contribution in [2.24, 2.45) is 5.92 Å². The molecule has 1 aromatic rings. The standard InChI is InChI=1S/C19H28N2O3S2/c1-5-21(6-2)19(25)26-12-17(22)20-18(13(3)4)14-7-8-15-16(11-14)24-10-9-23-15/h7-8,11,13,18H,5-6,9-10,12H2,1-4H3,(H,20,22)/t18-/m1/s1. The molecule has 0 saturated heterocycles. The van der Waals surface area contributed by atoms with Crippen molar-refractivity contribution < 1.29 is 14.3 Å². The molecule has 0 radical (unpaired) electrons. The number of ether oxygens (including phenoxy) is 2. The van der Waals surface area contributed by atoms with Crippen LogP contribution >= 0.6 is 24.0 Å². The molecule has 0 spiro atoms. The van der Waals surface area contributed by atoms with Gasteiger partial charge in [-0.15, -0.1) is 0 Å². The Morgan fingerprint density at radius 2 is 1.88 bits per heavy atom. The van der Waals surface area contributed by atoms with Gasteiger partial charge in [0.15, 0.2) is 11.5 Å². The molecule has 7 heteroatoms. The van der Waals surface area contributed by atoms with Crippen LogP contribution in [0.15, 0.2) is 18.2 Å². The molecule has 1 aliphatic heterocycles. The number of benzene rings is 1. The number of nitrogens with zero attached hydrogens (tertiary/aromatic N) is 1. The van der Waals surface area contributed by atoms with Crippen LogP contribution in [0, 0.1) is 5.92 Å². The predicted octanol–water partition coefficient (Wildman–Crippen LogP) is 3.63. The highest BCUT2D eigenvalue weighted by Gasteiger charge is 2.22.